The van der Waals surface area contributed by atoms with Crippen LogP contribution in [-0.2, 0) is 16.1 Å². The van der Waals surface area contributed by atoms with Crippen molar-refractivity contribution in [3.63, 3.8) is 0 Å². The molecule has 0 saturated carbocycles. The SMILES string of the molecule is C[C@@H]1CC(CC(=O)O)CCN1C(=O)OCc1ccccc1. The Bertz CT molecular complexity index is 488. The Kier molecular flexibility index (Phi) is 5.20. The van der Waals surface area contributed by atoms with Crippen LogP contribution < -0.4 is 0 Å². The van der Waals surface area contributed by atoms with Crippen LogP contribution in [-0.4, -0.2) is 34.7 Å². The Morgan fingerprint density at radius 1 is 1.33 bits per heavy atom. The van der Waals surface area contributed by atoms with Crippen molar-refractivity contribution in [2.45, 2.75) is 38.8 Å². The third-order valence-corrected chi connectivity index (χ3v) is 3.89. The molecule has 1 aliphatic heterocycles. The second kappa shape index (κ2) is 7.11. The Balaban J connectivity index is 1.82. The molecule has 0 aliphatic carbocycles. The summed E-state index contributed by atoms with van der Waals surface area (Å²) in [5.74, 6) is -0.622. The lowest BCUT2D eigenvalue weighted by molar-refractivity contribution is -0.138. The van der Waals surface area contributed by atoms with Gasteiger partial charge in [0, 0.05) is 19.0 Å². The summed E-state index contributed by atoms with van der Waals surface area (Å²) < 4.78 is 5.32. The summed E-state index contributed by atoms with van der Waals surface area (Å²) in [5, 5.41) is 8.83. The molecule has 21 heavy (non-hydrogen) atoms. The van der Waals surface area contributed by atoms with Gasteiger partial charge in [0.05, 0.1) is 0 Å². The smallest absolute Gasteiger partial charge is 0.410 e. The number of aliphatic carboxylic acids is 1. The normalized spacial score (nSPS) is 21.9. The summed E-state index contributed by atoms with van der Waals surface area (Å²) >= 11 is 0. The van der Waals surface area contributed by atoms with Crippen molar-refractivity contribution in [3.8, 4) is 0 Å². The Hall–Kier alpha value is -2.04. The number of carboxylic acid groups (broad SMARTS) is 1. The second-order valence-corrected chi connectivity index (χ2v) is 5.57. The topological polar surface area (TPSA) is 66.8 Å². The Labute approximate surface area is 124 Å². The summed E-state index contributed by atoms with van der Waals surface area (Å²) in [4.78, 5) is 24.5. The van der Waals surface area contributed by atoms with Gasteiger partial charge in [0.15, 0.2) is 0 Å². The molecule has 0 aromatic heterocycles. The number of piperidine rings is 1. The molecule has 5 heteroatoms. The van der Waals surface area contributed by atoms with Gasteiger partial charge >= 0.3 is 12.1 Å². The number of carboxylic acids is 1. The van der Waals surface area contributed by atoms with Crippen LogP contribution in [0.2, 0.25) is 0 Å². The molecule has 1 N–H and O–H groups in total. The molecule has 1 amide bonds. The maximum atomic E-state index is 12.1. The van der Waals surface area contributed by atoms with Gasteiger partial charge < -0.3 is 14.7 Å². The lowest BCUT2D eigenvalue weighted by atomic mass is 9.89. The number of carbonyl (C=O) groups excluding carboxylic acids is 1. The number of hydrogen-bond donors (Lipinski definition) is 1. The van der Waals surface area contributed by atoms with E-state index in [1.165, 1.54) is 0 Å². The molecule has 2 atom stereocenters. The summed E-state index contributed by atoms with van der Waals surface area (Å²) in [6, 6.07) is 9.57. The molecule has 1 aromatic rings. The largest absolute Gasteiger partial charge is 0.481 e. The zero-order valence-electron chi connectivity index (χ0n) is 12.2. The van der Waals surface area contributed by atoms with Crippen LogP contribution in [0.5, 0.6) is 0 Å². The van der Waals surface area contributed by atoms with Crippen LogP contribution in [0.1, 0.15) is 31.7 Å². The first-order valence-electron chi connectivity index (χ1n) is 7.25. The van der Waals surface area contributed by atoms with Crippen molar-refractivity contribution in [3.05, 3.63) is 35.9 Å². The number of nitrogens with zero attached hydrogens (tertiary/aromatic N) is 1. The zero-order chi connectivity index (χ0) is 15.2. The molecule has 0 bridgehead atoms. The maximum absolute atomic E-state index is 12.1. The van der Waals surface area contributed by atoms with E-state index in [0.29, 0.717) is 13.0 Å². The number of likely N-dealkylation sites (tertiary alicyclic amines) is 1. The Morgan fingerprint density at radius 3 is 2.67 bits per heavy atom. The predicted octanol–water partition coefficient (Wildman–Crippen LogP) is 2.90. The Morgan fingerprint density at radius 2 is 2.05 bits per heavy atom. The number of ether oxygens (including phenoxy) is 1. The minimum atomic E-state index is -0.771. The average Bonchev–Trinajstić information content (AvgIpc) is 2.45. The molecule has 5 nitrogen and oxygen atoms in total. The van der Waals surface area contributed by atoms with Crippen LogP contribution >= 0.6 is 0 Å². The fraction of sp³-hybridized carbons (Fsp3) is 0.500. The van der Waals surface area contributed by atoms with Crippen molar-refractivity contribution in [2.75, 3.05) is 6.54 Å². The quantitative estimate of drug-likeness (QED) is 0.926. The van der Waals surface area contributed by atoms with E-state index < -0.39 is 5.97 Å². The van der Waals surface area contributed by atoms with Gasteiger partial charge in [-0.1, -0.05) is 30.3 Å². The number of benzene rings is 1. The number of hydrogen-bond acceptors (Lipinski definition) is 3. The highest BCUT2D eigenvalue weighted by molar-refractivity contribution is 5.69. The van der Waals surface area contributed by atoms with E-state index in [-0.39, 0.29) is 31.1 Å². The van der Waals surface area contributed by atoms with Gasteiger partial charge in [-0.25, -0.2) is 4.79 Å². The first-order valence-corrected chi connectivity index (χ1v) is 7.25. The maximum Gasteiger partial charge on any atom is 0.410 e. The third-order valence-electron chi connectivity index (χ3n) is 3.89. The monoisotopic (exact) mass is 291 g/mol. The van der Waals surface area contributed by atoms with E-state index in [1.54, 1.807) is 4.90 Å². The van der Waals surface area contributed by atoms with E-state index >= 15 is 0 Å². The minimum absolute atomic E-state index is 0.0198. The summed E-state index contributed by atoms with van der Waals surface area (Å²) in [5.41, 5.74) is 0.958. The molecule has 1 fully saturated rings. The number of amides is 1. The zero-order valence-corrected chi connectivity index (χ0v) is 12.2. The average molecular weight is 291 g/mol. The van der Waals surface area contributed by atoms with E-state index in [4.69, 9.17) is 9.84 Å². The highest BCUT2D eigenvalue weighted by Crippen LogP contribution is 2.26. The van der Waals surface area contributed by atoms with Crippen molar-refractivity contribution in [2.24, 2.45) is 5.92 Å². The fourth-order valence-corrected chi connectivity index (χ4v) is 2.78. The number of rotatable bonds is 4. The van der Waals surface area contributed by atoms with Gasteiger partial charge in [0.1, 0.15) is 6.61 Å². The predicted molar refractivity (Wildman–Crippen MR) is 77.8 cm³/mol. The van der Waals surface area contributed by atoms with E-state index in [1.807, 2.05) is 37.3 Å². The first kappa shape index (κ1) is 15.4. The van der Waals surface area contributed by atoms with Crippen LogP contribution in [0.25, 0.3) is 0 Å². The number of carbonyl (C=O) groups is 2. The molecule has 1 unspecified atom stereocenters. The molecule has 114 valence electrons. The molecular formula is C16H21NO4. The molecule has 1 aliphatic rings. The molecule has 1 heterocycles. The molecule has 2 rings (SSSR count). The van der Waals surface area contributed by atoms with Crippen molar-refractivity contribution in [1.29, 1.82) is 0 Å². The van der Waals surface area contributed by atoms with Gasteiger partial charge in [-0.3, -0.25) is 4.79 Å². The molecule has 1 saturated heterocycles. The molecular weight excluding hydrogens is 270 g/mol. The lowest BCUT2D eigenvalue weighted by Gasteiger charge is -2.36. The fourth-order valence-electron chi connectivity index (χ4n) is 2.78. The van der Waals surface area contributed by atoms with Crippen LogP contribution in [0.4, 0.5) is 4.79 Å². The summed E-state index contributed by atoms with van der Waals surface area (Å²) in [6.07, 6.45) is 1.29. The van der Waals surface area contributed by atoms with Gasteiger partial charge in [-0.2, -0.15) is 0 Å². The standard InChI is InChI=1S/C16H21NO4/c1-12-9-14(10-15(18)19)7-8-17(12)16(20)21-11-13-5-3-2-4-6-13/h2-6,12,14H,7-11H2,1H3,(H,18,19)/t12-,14?/m1/s1. The van der Waals surface area contributed by atoms with Crippen molar-refractivity contribution >= 4 is 12.1 Å². The van der Waals surface area contributed by atoms with Gasteiger partial charge in [-0.15, -0.1) is 0 Å². The molecule has 0 spiro atoms. The van der Waals surface area contributed by atoms with E-state index in [9.17, 15) is 9.59 Å². The summed E-state index contributed by atoms with van der Waals surface area (Å²) in [7, 11) is 0. The first-order chi connectivity index (χ1) is 10.1. The second-order valence-electron chi connectivity index (χ2n) is 5.57. The van der Waals surface area contributed by atoms with Crippen LogP contribution in [0, 0.1) is 5.92 Å². The van der Waals surface area contributed by atoms with Crippen LogP contribution in [0.3, 0.4) is 0 Å². The van der Waals surface area contributed by atoms with E-state index in [0.717, 1.165) is 12.0 Å². The highest BCUT2D eigenvalue weighted by Gasteiger charge is 2.30. The lowest BCUT2D eigenvalue weighted by Crippen LogP contribution is -2.45. The van der Waals surface area contributed by atoms with Crippen molar-refractivity contribution in [1.82, 2.24) is 4.90 Å². The molecule has 0 radical (unpaired) electrons. The highest BCUT2D eigenvalue weighted by atomic mass is 16.6. The van der Waals surface area contributed by atoms with Gasteiger partial charge in [0.2, 0.25) is 0 Å². The van der Waals surface area contributed by atoms with Gasteiger partial charge in [-0.05, 0) is 31.2 Å². The summed E-state index contributed by atoms with van der Waals surface area (Å²) in [6.45, 7) is 2.77. The third kappa shape index (κ3) is 4.48. The molecule has 1 aromatic carbocycles. The van der Waals surface area contributed by atoms with E-state index in [2.05, 4.69) is 0 Å². The van der Waals surface area contributed by atoms with Gasteiger partial charge in [0.25, 0.3) is 0 Å². The minimum Gasteiger partial charge on any atom is -0.481 e. The van der Waals surface area contributed by atoms with Crippen LogP contribution in [0.15, 0.2) is 30.3 Å². The van der Waals surface area contributed by atoms with Crippen molar-refractivity contribution < 1.29 is 19.4 Å².